The minimum atomic E-state index is -0.596. The van der Waals surface area contributed by atoms with E-state index >= 15 is 0 Å². The zero-order chi connectivity index (χ0) is 17.6. The van der Waals surface area contributed by atoms with Crippen LogP contribution in [0.3, 0.4) is 0 Å². The lowest BCUT2D eigenvalue weighted by Crippen LogP contribution is -2.35. The fourth-order valence-electron chi connectivity index (χ4n) is 2.10. The van der Waals surface area contributed by atoms with Crippen LogP contribution in [-0.4, -0.2) is 29.0 Å². The summed E-state index contributed by atoms with van der Waals surface area (Å²) in [7, 11) is 0. The summed E-state index contributed by atoms with van der Waals surface area (Å²) in [4.78, 5) is 28.1. The standard InChI is InChI=1S/C19H22N2O3/c1-19(2,3)24-18(23)20-13-16(22)12-15-10-7-11-17(21-15)14-8-5-4-6-9-14/h4-11H,12-13H2,1-3H3,(H,20,23). The van der Waals surface area contributed by atoms with Crippen LogP contribution in [0.1, 0.15) is 26.5 Å². The molecule has 0 saturated carbocycles. The SMILES string of the molecule is CC(C)(C)OC(=O)NCC(=O)Cc1cccc(-c2ccccc2)n1. The maximum Gasteiger partial charge on any atom is 0.408 e. The van der Waals surface area contributed by atoms with Crippen LogP contribution in [0.15, 0.2) is 48.5 Å². The van der Waals surface area contributed by atoms with Crippen molar-refractivity contribution in [3.8, 4) is 11.3 Å². The van der Waals surface area contributed by atoms with Gasteiger partial charge in [-0.25, -0.2) is 4.79 Å². The third-order valence-electron chi connectivity index (χ3n) is 3.08. The minimum Gasteiger partial charge on any atom is -0.444 e. The predicted octanol–water partition coefficient (Wildman–Crippen LogP) is 3.38. The van der Waals surface area contributed by atoms with Crippen molar-refractivity contribution in [2.24, 2.45) is 0 Å². The molecule has 1 N–H and O–H groups in total. The van der Waals surface area contributed by atoms with Gasteiger partial charge in [-0.05, 0) is 32.9 Å². The quantitative estimate of drug-likeness (QED) is 0.914. The van der Waals surface area contributed by atoms with Gasteiger partial charge in [0.25, 0.3) is 0 Å². The van der Waals surface area contributed by atoms with Gasteiger partial charge in [-0.2, -0.15) is 0 Å². The number of pyridine rings is 1. The van der Waals surface area contributed by atoms with E-state index < -0.39 is 11.7 Å². The van der Waals surface area contributed by atoms with Gasteiger partial charge in [0.15, 0.2) is 5.78 Å². The number of aromatic nitrogens is 1. The molecular formula is C19H22N2O3. The van der Waals surface area contributed by atoms with Gasteiger partial charge in [-0.3, -0.25) is 9.78 Å². The fraction of sp³-hybridized carbons (Fsp3) is 0.316. The van der Waals surface area contributed by atoms with E-state index in [1.54, 1.807) is 26.8 Å². The summed E-state index contributed by atoms with van der Waals surface area (Å²) in [5.74, 6) is -0.126. The highest BCUT2D eigenvalue weighted by atomic mass is 16.6. The second-order valence-electron chi connectivity index (χ2n) is 6.45. The molecule has 0 atom stereocenters. The number of Topliss-reactive ketones (excluding diaryl/α,β-unsaturated/α-hetero) is 1. The van der Waals surface area contributed by atoms with Crippen LogP contribution in [-0.2, 0) is 16.0 Å². The molecule has 1 heterocycles. The molecule has 0 bridgehead atoms. The molecule has 5 heteroatoms. The van der Waals surface area contributed by atoms with E-state index in [2.05, 4.69) is 10.3 Å². The van der Waals surface area contributed by atoms with E-state index in [1.165, 1.54) is 0 Å². The van der Waals surface area contributed by atoms with E-state index in [1.807, 2.05) is 42.5 Å². The average Bonchev–Trinajstić information content (AvgIpc) is 2.52. The second kappa shape index (κ2) is 7.73. The molecule has 2 aromatic rings. The Morgan fingerprint density at radius 3 is 2.42 bits per heavy atom. The molecule has 0 aliphatic heterocycles. The van der Waals surface area contributed by atoms with Crippen LogP contribution in [0.5, 0.6) is 0 Å². The van der Waals surface area contributed by atoms with Crippen LogP contribution in [0, 0.1) is 0 Å². The number of ether oxygens (including phenoxy) is 1. The Morgan fingerprint density at radius 1 is 1.04 bits per heavy atom. The number of ketones is 1. The van der Waals surface area contributed by atoms with Crippen molar-refractivity contribution in [1.82, 2.24) is 10.3 Å². The Morgan fingerprint density at radius 2 is 1.75 bits per heavy atom. The van der Waals surface area contributed by atoms with Gasteiger partial charge in [0, 0.05) is 11.3 Å². The molecule has 0 fully saturated rings. The van der Waals surface area contributed by atoms with Crippen LogP contribution < -0.4 is 5.32 Å². The Balaban J connectivity index is 1.92. The lowest BCUT2D eigenvalue weighted by Gasteiger charge is -2.19. The van der Waals surface area contributed by atoms with Crippen LogP contribution in [0.4, 0.5) is 4.79 Å². The Hall–Kier alpha value is -2.69. The summed E-state index contributed by atoms with van der Waals surface area (Å²) in [6.45, 7) is 5.24. The van der Waals surface area contributed by atoms with Gasteiger partial charge in [0.2, 0.25) is 0 Å². The Bertz CT molecular complexity index is 706. The minimum absolute atomic E-state index is 0.0772. The molecule has 1 amide bonds. The van der Waals surface area contributed by atoms with E-state index in [-0.39, 0.29) is 18.7 Å². The highest BCUT2D eigenvalue weighted by Gasteiger charge is 2.16. The number of carbonyl (C=O) groups excluding carboxylic acids is 2. The van der Waals surface area contributed by atoms with Crippen molar-refractivity contribution < 1.29 is 14.3 Å². The molecule has 0 aliphatic rings. The Labute approximate surface area is 142 Å². The molecule has 5 nitrogen and oxygen atoms in total. The monoisotopic (exact) mass is 326 g/mol. The van der Waals surface area contributed by atoms with Crippen molar-refractivity contribution in [2.45, 2.75) is 32.8 Å². The molecule has 1 aromatic carbocycles. The molecule has 0 radical (unpaired) electrons. The first-order valence-corrected chi connectivity index (χ1v) is 7.83. The first kappa shape index (κ1) is 17.7. The van der Waals surface area contributed by atoms with Gasteiger partial charge in [-0.1, -0.05) is 36.4 Å². The number of rotatable bonds is 5. The molecule has 24 heavy (non-hydrogen) atoms. The number of amides is 1. The molecule has 0 aliphatic carbocycles. The molecule has 2 rings (SSSR count). The summed E-state index contributed by atoms with van der Waals surface area (Å²) in [5, 5.41) is 2.47. The summed E-state index contributed by atoms with van der Waals surface area (Å²) in [5.41, 5.74) is 1.91. The van der Waals surface area contributed by atoms with Crippen molar-refractivity contribution in [3.63, 3.8) is 0 Å². The van der Waals surface area contributed by atoms with E-state index in [0.717, 1.165) is 11.3 Å². The van der Waals surface area contributed by atoms with Gasteiger partial charge in [0.05, 0.1) is 18.7 Å². The molecule has 0 saturated heterocycles. The number of hydrogen-bond acceptors (Lipinski definition) is 4. The second-order valence-corrected chi connectivity index (χ2v) is 6.45. The molecule has 0 spiro atoms. The first-order valence-electron chi connectivity index (χ1n) is 7.83. The number of hydrogen-bond donors (Lipinski definition) is 1. The number of nitrogens with one attached hydrogen (secondary N) is 1. The predicted molar refractivity (Wildman–Crippen MR) is 92.6 cm³/mol. The molecular weight excluding hydrogens is 304 g/mol. The summed E-state index contributed by atoms with van der Waals surface area (Å²) >= 11 is 0. The fourth-order valence-corrected chi connectivity index (χ4v) is 2.10. The van der Waals surface area contributed by atoms with Crippen molar-refractivity contribution >= 4 is 11.9 Å². The van der Waals surface area contributed by atoms with Gasteiger partial charge < -0.3 is 10.1 Å². The lowest BCUT2D eigenvalue weighted by atomic mass is 10.1. The van der Waals surface area contributed by atoms with E-state index in [4.69, 9.17) is 4.74 Å². The third-order valence-corrected chi connectivity index (χ3v) is 3.08. The van der Waals surface area contributed by atoms with Crippen LogP contribution in [0.25, 0.3) is 11.3 Å². The maximum atomic E-state index is 12.0. The van der Waals surface area contributed by atoms with Crippen LogP contribution >= 0.6 is 0 Å². The van der Waals surface area contributed by atoms with Crippen molar-refractivity contribution in [2.75, 3.05) is 6.54 Å². The topological polar surface area (TPSA) is 68.3 Å². The summed E-state index contributed by atoms with van der Waals surface area (Å²) in [6, 6.07) is 15.4. The van der Waals surface area contributed by atoms with Crippen LogP contribution in [0.2, 0.25) is 0 Å². The lowest BCUT2D eigenvalue weighted by molar-refractivity contribution is -0.117. The highest BCUT2D eigenvalue weighted by Crippen LogP contribution is 2.16. The van der Waals surface area contributed by atoms with E-state index in [9.17, 15) is 9.59 Å². The summed E-state index contributed by atoms with van der Waals surface area (Å²) in [6.07, 6.45) is -0.432. The van der Waals surface area contributed by atoms with Crippen molar-refractivity contribution in [3.05, 3.63) is 54.2 Å². The van der Waals surface area contributed by atoms with Gasteiger partial charge in [0.1, 0.15) is 5.60 Å². The molecule has 1 aromatic heterocycles. The highest BCUT2D eigenvalue weighted by molar-refractivity contribution is 5.85. The van der Waals surface area contributed by atoms with Crippen molar-refractivity contribution in [1.29, 1.82) is 0 Å². The largest absolute Gasteiger partial charge is 0.444 e. The molecule has 0 unspecified atom stereocenters. The first-order chi connectivity index (χ1) is 11.3. The van der Waals surface area contributed by atoms with Gasteiger partial charge >= 0.3 is 6.09 Å². The maximum absolute atomic E-state index is 12.0. The molecule has 126 valence electrons. The average molecular weight is 326 g/mol. The number of alkyl carbamates (subject to hydrolysis) is 1. The zero-order valence-corrected chi connectivity index (χ0v) is 14.2. The number of benzene rings is 1. The van der Waals surface area contributed by atoms with Gasteiger partial charge in [-0.15, -0.1) is 0 Å². The normalized spacial score (nSPS) is 11.0. The zero-order valence-electron chi connectivity index (χ0n) is 14.2. The number of nitrogens with zero attached hydrogens (tertiary/aromatic N) is 1. The number of carbonyl (C=O) groups is 2. The Kier molecular flexibility index (Phi) is 5.68. The third kappa shape index (κ3) is 5.83. The summed E-state index contributed by atoms with van der Waals surface area (Å²) < 4.78 is 5.10. The van der Waals surface area contributed by atoms with E-state index in [0.29, 0.717) is 5.69 Å². The smallest absolute Gasteiger partial charge is 0.408 e.